The van der Waals surface area contributed by atoms with Gasteiger partial charge in [0.2, 0.25) is 15.8 Å². The van der Waals surface area contributed by atoms with Crippen molar-refractivity contribution in [3.8, 4) is 23.5 Å². The first kappa shape index (κ1) is 27.4. The molecule has 14 heteroatoms. The number of rotatable bonds is 7. The van der Waals surface area contributed by atoms with Crippen LogP contribution in [0.3, 0.4) is 0 Å². The van der Waals surface area contributed by atoms with E-state index in [4.69, 9.17) is 11.6 Å². The summed E-state index contributed by atoms with van der Waals surface area (Å²) in [5, 5.41) is 5.83. The summed E-state index contributed by atoms with van der Waals surface area (Å²) in [6.45, 7) is -0.145. The molecule has 12 nitrogen and oxygen atoms in total. The average Bonchev–Trinajstić information content (AvgIpc) is 3.40. The number of carbonyl (C=O) groups is 1. The van der Waals surface area contributed by atoms with Gasteiger partial charge in [-0.1, -0.05) is 5.92 Å². The Morgan fingerprint density at radius 2 is 1.77 bits per heavy atom. The zero-order valence-corrected chi connectivity index (χ0v) is 22.8. The Labute approximate surface area is 231 Å². The number of hydrogen-bond acceptors (Lipinski definition) is 8. The second kappa shape index (κ2) is 10.8. The third-order valence-electron chi connectivity index (χ3n) is 6.68. The minimum Gasteiger partial charge on any atom is -0.345 e. The minimum atomic E-state index is -4.01. The molecule has 4 aromatic rings. The van der Waals surface area contributed by atoms with E-state index in [0.29, 0.717) is 22.0 Å². The van der Waals surface area contributed by atoms with Crippen LogP contribution in [0.25, 0.3) is 22.0 Å². The first-order valence-corrected chi connectivity index (χ1v) is 15.3. The molecule has 0 saturated carbocycles. The van der Waals surface area contributed by atoms with E-state index >= 15 is 0 Å². The molecule has 1 saturated heterocycles. The van der Waals surface area contributed by atoms with Crippen molar-refractivity contribution < 1.29 is 21.6 Å². The summed E-state index contributed by atoms with van der Waals surface area (Å²) < 4.78 is 51.8. The number of piperazine rings is 1. The first-order chi connectivity index (χ1) is 19.0. The van der Waals surface area contributed by atoms with E-state index in [9.17, 15) is 21.6 Å². The fraction of sp³-hybridized carbons (Fsp3) is 0.231. The second-order valence-corrected chi connectivity index (χ2v) is 12.9. The summed E-state index contributed by atoms with van der Waals surface area (Å²) in [4.78, 5) is 30.1. The van der Waals surface area contributed by atoms with E-state index in [2.05, 4.69) is 25.9 Å². The topological polar surface area (TPSA) is 172 Å². The van der Waals surface area contributed by atoms with Crippen LogP contribution in [0.4, 0.5) is 0 Å². The highest BCUT2D eigenvalue weighted by molar-refractivity contribution is 7.89. The van der Waals surface area contributed by atoms with Crippen LogP contribution in [0.1, 0.15) is 22.6 Å². The van der Waals surface area contributed by atoms with Crippen LogP contribution in [0.15, 0.2) is 66.2 Å². The molecule has 40 heavy (non-hydrogen) atoms. The van der Waals surface area contributed by atoms with Gasteiger partial charge in [-0.05, 0) is 48.4 Å². The molecule has 0 aliphatic carbocycles. The summed E-state index contributed by atoms with van der Waals surface area (Å²) in [6, 6.07) is 9.39. The molecule has 206 valence electrons. The van der Waals surface area contributed by atoms with Crippen molar-refractivity contribution >= 4 is 36.9 Å². The molecule has 3 aromatic heterocycles. The van der Waals surface area contributed by atoms with Gasteiger partial charge in [0.05, 0.1) is 5.75 Å². The van der Waals surface area contributed by atoms with Gasteiger partial charge in [-0.25, -0.2) is 31.9 Å². The Morgan fingerprint density at radius 3 is 2.45 bits per heavy atom. The second-order valence-electron chi connectivity index (χ2n) is 9.28. The van der Waals surface area contributed by atoms with Crippen LogP contribution in [-0.2, 0) is 20.0 Å². The number of amides is 1. The van der Waals surface area contributed by atoms with Gasteiger partial charge in [0, 0.05) is 72.5 Å². The van der Waals surface area contributed by atoms with E-state index in [1.54, 1.807) is 42.7 Å². The fourth-order valence-electron chi connectivity index (χ4n) is 4.59. The maximum absolute atomic E-state index is 13.6. The van der Waals surface area contributed by atoms with Crippen LogP contribution in [0.5, 0.6) is 0 Å². The van der Waals surface area contributed by atoms with Crippen LogP contribution < -0.4 is 5.14 Å². The van der Waals surface area contributed by atoms with E-state index in [-0.39, 0.29) is 36.9 Å². The molecule has 0 bridgehead atoms. The number of benzene rings is 1. The van der Waals surface area contributed by atoms with Crippen molar-refractivity contribution in [1.29, 1.82) is 0 Å². The monoisotopic (exact) mass is 579 g/mol. The Bertz CT molecular complexity index is 1820. The molecule has 4 heterocycles. The normalized spacial score (nSPS) is 16.6. The summed E-state index contributed by atoms with van der Waals surface area (Å²) >= 11 is 0. The molecule has 1 aromatic carbocycles. The molecule has 0 spiro atoms. The number of sulfonamides is 2. The molecule has 3 N–H and O–H groups in total. The van der Waals surface area contributed by atoms with Crippen molar-refractivity contribution in [3.63, 3.8) is 0 Å². The molecule has 1 unspecified atom stereocenters. The van der Waals surface area contributed by atoms with Gasteiger partial charge in [0.15, 0.2) is 0 Å². The van der Waals surface area contributed by atoms with Gasteiger partial charge in [-0.2, -0.15) is 4.31 Å². The van der Waals surface area contributed by atoms with E-state index in [1.807, 2.05) is 0 Å². The van der Waals surface area contributed by atoms with E-state index in [1.165, 1.54) is 27.7 Å². The molecular formula is C26H25N7O5S2. The molecule has 1 aliphatic heterocycles. The van der Waals surface area contributed by atoms with Crippen molar-refractivity contribution in [2.45, 2.75) is 17.5 Å². The number of nitrogens with one attached hydrogen (secondary N) is 1. The molecule has 1 fully saturated rings. The quantitative estimate of drug-likeness (QED) is 0.307. The van der Waals surface area contributed by atoms with E-state index < -0.39 is 37.7 Å². The van der Waals surface area contributed by atoms with Crippen molar-refractivity contribution in [2.75, 3.05) is 25.4 Å². The lowest BCUT2D eigenvalue weighted by molar-refractivity contribution is 0.0547. The number of H-pyrrole nitrogens is 1. The Kier molecular flexibility index (Phi) is 7.39. The lowest BCUT2D eigenvalue weighted by Crippen LogP contribution is -2.57. The number of nitrogens with zero attached hydrogens (tertiary/aromatic N) is 5. The van der Waals surface area contributed by atoms with Crippen molar-refractivity contribution in [1.82, 2.24) is 29.1 Å². The number of hydrogen-bond donors (Lipinski definition) is 2. The number of primary sulfonamides is 1. The smallest absolute Gasteiger partial charge is 0.291 e. The summed E-state index contributed by atoms with van der Waals surface area (Å²) in [6.07, 6.45) is 11.7. The third-order valence-corrected chi connectivity index (χ3v) is 9.27. The molecular weight excluding hydrogens is 554 g/mol. The van der Waals surface area contributed by atoms with Crippen LogP contribution in [0.2, 0.25) is 0 Å². The summed E-state index contributed by atoms with van der Waals surface area (Å²) in [7, 11) is -7.88. The number of nitrogens with two attached hydrogens (primary N) is 1. The predicted octanol–water partition coefficient (Wildman–Crippen LogP) is 1.20. The highest BCUT2D eigenvalue weighted by Gasteiger charge is 2.38. The standard InChI is InChI=1S/C26H25N7O5S2/c1-2-18-3-4-23-20(13-18)14-24(31-23)40(37,38)32-10-11-33(22(17-32)7-12-39(27,35)36)26(34)25-29-15-21(16-30-25)19-5-8-28-9-6-19/h1,3-6,8-9,13-16,22,31H,7,10-12,17H2,(H2,27,35,36). The maximum Gasteiger partial charge on any atom is 0.291 e. The van der Waals surface area contributed by atoms with E-state index in [0.717, 1.165) is 5.56 Å². The number of carbonyl (C=O) groups excluding carboxylic acids is 1. The summed E-state index contributed by atoms with van der Waals surface area (Å²) in [5.74, 6) is 1.46. The van der Waals surface area contributed by atoms with Crippen LogP contribution in [-0.4, -0.2) is 83.3 Å². The number of fused-ring (bicyclic) bond motifs is 1. The fourth-order valence-corrected chi connectivity index (χ4v) is 6.68. The van der Waals surface area contributed by atoms with Crippen LogP contribution in [0, 0.1) is 12.3 Å². The highest BCUT2D eigenvalue weighted by atomic mass is 32.2. The number of pyridine rings is 1. The van der Waals surface area contributed by atoms with Crippen molar-refractivity contribution in [3.05, 3.63) is 72.6 Å². The zero-order chi connectivity index (χ0) is 28.5. The van der Waals surface area contributed by atoms with Crippen molar-refractivity contribution in [2.24, 2.45) is 5.14 Å². The molecule has 1 aliphatic rings. The molecule has 0 radical (unpaired) electrons. The Morgan fingerprint density at radius 1 is 1.05 bits per heavy atom. The minimum absolute atomic E-state index is 0.00425. The van der Waals surface area contributed by atoms with Gasteiger partial charge >= 0.3 is 0 Å². The first-order valence-electron chi connectivity index (χ1n) is 12.2. The Balaban J connectivity index is 1.39. The van der Waals surface area contributed by atoms with Gasteiger partial charge < -0.3 is 9.88 Å². The third kappa shape index (κ3) is 5.73. The number of aromatic nitrogens is 4. The highest BCUT2D eigenvalue weighted by Crippen LogP contribution is 2.26. The number of aromatic amines is 1. The lowest BCUT2D eigenvalue weighted by Gasteiger charge is -2.40. The average molecular weight is 580 g/mol. The van der Waals surface area contributed by atoms with Gasteiger partial charge in [-0.3, -0.25) is 9.78 Å². The van der Waals surface area contributed by atoms with Gasteiger partial charge in [0.25, 0.3) is 15.9 Å². The SMILES string of the molecule is C#Cc1ccc2[nH]c(S(=O)(=O)N3CCN(C(=O)c4ncc(-c5ccncc5)cn4)C(CCS(N)(=O)=O)C3)cc2c1. The largest absolute Gasteiger partial charge is 0.345 e. The van der Waals surface area contributed by atoms with Crippen LogP contribution >= 0.6 is 0 Å². The molecule has 5 rings (SSSR count). The predicted molar refractivity (Wildman–Crippen MR) is 148 cm³/mol. The zero-order valence-electron chi connectivity index (χ0n) is 21.1. The lowest BCUT2D eigenvalue weighted by atomic mass is 10.1. The Hall–Kier alpha value is -4.16. The summed E-state index contributed by atoms with van der Waals surface area (Å²) in [5.41, 5.74) is 2.73. The molecule has 1 amide bonds. The number of terminal acetylenes is 1. The van der Waals surface area contributed by atoms with Gasteiger partial charge in [0.1, 0.15) is 5.03 Å². The maximum atomic E-state index is 13.6. The van der Waals surface area contributed by atoms with Gasteiger partial charge in [-0.15, -0.1) is 6.42 Å². The molecule has 1 atom stereocenters.